The smallest absolute Gasteiger partial charge is 0.339 e. The van der Waals surface area contributed by atoms with Crippen LogP contribution in [0.3, 0.4) is 0 Å². The fourth-order valence-corrected chi connectivity index (χ4v) is 3.34. The summed E-state index contributed by atoms with van der Waals surface area (Å²) in [5.74, 6) is -2.32. The van der Waals surface area contributed by atoms with Gasteiger partial charge in [-0.05, 0) is 36.4 Å². The molecule has 0 unspecified atom stereocenters. The number of fused-ring (bicyclic) bond motifs is 1. The fraction of sp³-hybridized carbons (Fsp3) is 0.125. The number of carbonyl (C=O) groups is 3. The highest BCUT2D eigenvalue weighted by Crippen LogP contribution is 2.31. The molecule has 10 nitrogen and oxygen atoms in total. The van der Waals surface area contributed by atoms with Gasteiger partial charge < -0.3 is 19.5 Å². The number of hydrogen-bond acceptors (Lipinski definition) is 8. The Balaban J connectivity index is 1.44. The van der Waals surface area contributed by atoms with Crippen LogP contribution in [-0.2, 0) is 9.53 Å². The first-order valence-corrected chi connectivity index (χ1v) is 10.3. The quantitative estimate of drug-likeness (QED) is 0.235. The molecule has 35 heavy (non-hydrogen) atoms. The molecule has 0 fully saturated rings. The third-order valence-electron chi connectivity index (χ3n) is 4.96. The Hall–Kier alpha value is -4.80. The van der Waals surface area contributed by atoms with Gasteiger partial charge in [-0.1, -0.05) is 18.2 Å². The molecule has 0 saturated carbocycles. The summed E-state index contributed by atoms with van der Waals surface area (Å²) in [6, 6.07) is 13.4. The standard InChI is InChI=1S/C24H17FN2O8/c25-18-7-6-15(12-19(18)27(31)32)26-22(28)13-35-24(30)17-4-2-1-3-16(17)23(29)14-5-8-20-21(11-14)34-10-9-33-20/h1-8,11-12H,9-10,13H2,(H,26,28). The zero-order valence-corrected chi connectivity index (χ0v) is 18.0. The first kappa shape index (κ1) is 23.4. The lowest BCUT2D eigenvalue weighted by Crippen LogP contribution is -2.22. The molecule has 1 heterocycles. The van der Waals surface area contributed by atoms with Crippen LogP contribution in [0.5, 0.6) is 11.5 Å². The van der Waals surface area contributed by atoms with Crippen molar-refractivity contribution >= 4 is 29.0 Å². The van der Waals surface area contributed by atoms with Crippen LogP contribution < -0.4 is 14.8 Å². The number of carbonyl (C=O) groups excluding carboxylic acids is 3. The zero-order valence-electron chi connectivity index (χ0n) is 18.0. The van der Waals surface area contributed by atoms with Crippen LogP contribution in [-0.4, -0.2) is 42.4 Å². The molecule has 11 heteroatoms. The molecule has 1 aliphatic rings. The Labute approximate surface area is 197 Å². The highest BCUT2D eigenvalue weighted by molar-refractivity contribution is 6.14. The van der Waals surface area contributed by atoms with Crippen molar-refractivity contribution in [1.82, 2.24) is 0 Å². The molecule has 1 N–H and O–H groups in total. The van der Waals surface area contributed by atoms with E-state index in [1.807, 2.05) is 0 Å². The largest absolute Gasteiger partial charge is 0.486 e. The number of esters is 1. The third-order valence-corrected chi connectivity index (χ3v) is 4.96. The number of ketones is 1. The molecule has 3 aromatic carbocycles. The van der Waals surface area contributed by atoms with Crippen LogP contribution in [0.25, 0.3) is 0 Å². The van der Waals surface area contributed by atoms with E-state index in [0.29, 0.717) is 24.7 Å². The molecule has 1 aliphatic heterocycles. The lowest BCUT2D eigenvalue weighted by Gasteiger charge is -2.18. The van der Waals surface area contributed by atoms with E-state index in [1.54, 1.807) is 18.2 Å². The monoisotopic (exact) mass is 480 g/mol. The van der Waals surface area contributed by atoms with Crippen molar-refractivity contribution in [3.8, 4) is 11.5 Å². The topological polar surface area (TPSA) is 134 Å². The molecular weight excluding hydrogens is 463 g/mol. The summed E-state index contributed by atoms with van der Waals surface area (Å²) in [6.07, 6.45) is 0. The Bertz CT molecular complexity index is 1340. The lowest BCUT2D eigenvalue weighted by atomic mass is 9.98. The number of nitrogens with one attached hydrogen (secondary N) is 1. The molecule has 0 aliphatic carbocycles. The second-order valence-electron chi connectivity index (χ2n) is 7.28. The van der Waals surface area contributed by atoms with Crippen molar-refractivity contribution < 1.29 is 37.9 Å². The van der Waals surface area contributed by atoms with Gasteiger partial charge in [0.05, 0.1) is 10.5 Å². The number of hydrogen-bond donors (Lipinski definition) is 1. The lowest BCUT2D eigenvalue weighted by molar-refractivity contribution is -0.387. The molecular formula is C24H17FN2O8. The Morgan fingerprint density at radius 1 is 0.971 bits per heavy atom. The van der Waals surface area contributed by atoms with E-state index in [9.17, 15) is 28.9 Å². The molecule has 0 atom stereocenters. The summed E-state index contributed by atoms with van der Waals surface area (Å²) in [7, 11) is 0. The van der Waals surface area contributed by atoms with Crippen LogP contribution in [0, 0.1) is 15.9 Å². The SMILES string of the molecule is O=C(COC(=O)c1ccccc1C(=O)c1ccc2c(c1)OCCO2)Nc1ccc(F)c([N+](=O)[O-])c1. The number of ether oxygens (including phenoxy) is 3. The maximum absolute atomic E-state index is 13.4. The van der Waals surface area contributed by atoms with Crippen LogP contribution in [0.1, 0.15) is 26.3 Å². The van der Waals surface area contributed by atoms with Crippen LogP contribution in [0.2, 0.25) is 0 Å². The van der Waals surface area contributed by atoms with E-state index >= 15 is 0 Å². The van der Waals surface area contributed by atoms with Crippen molar-refractivity contribution in [2.75, 3.05) is 25.1 Å². The second-order valence-corrected chi connectivity index (χ2v) is 7.28. The maximum Gasteiger partial charge on any atom is 0.339 e. The van der Waals surface area contributed by atoms with E-state index in [2.05, 4.69) is 5.32 Å². The minimum absolute atomic E-state index is 0.0478. The Morgan fingerprint density at radius 2 is 1.69 bits per heavy atom. The second kappa shape index (κ2) is 10.00. The molecule has 0 saturated heterocycles. The summed E-state index contributed by atoms with van der Waals surface area (Å²) >= 11 is 0. The number of nitrogens with zero attached hydrogens (tertiary/aromatic N) is 1. The van der Waals surface area contributed by atoms with Crippen LogP contribution in [0.4, 0.5) is 15.8 Å². The summed E-state index contributed by atoms with van der Waals surface area (Å²) in [4.78, 5) is 47.8. The molecule has 0 radical (unpaired) electrons. The third kappa shape index (κ3) is 5.24. The van der Waals surface area contributed by atoms with Crippen molar-refractivity contribution in [3.05, 3.63) is 93.3 Å². The predicted molar refractivity (Wildman–Crippen MR) is 119 cm³/mol. The Kier molecular flexibility index (Phi) is 6.67. The van der Waals surface area contributed by atoms with E-state index in [0.717, 1.165) is 18.2 Å². The van der Waals surface area contributed by atoms with E-state index in [4.69, 9.17) is 14.2 Å². The number of amides is 1. The van der Waals surface area contributed by atoms with E-state index < -0.39 is 40.7 Å². The van der Waals surface area contributed by atoms with Gasteiger partial charge in [0.15, 0.2) is 23.9 Å². The predicted octanol–water partition coefficient (Wildman–Crippen LogP) is 3.53. The van der Waals surface area contributed by atoms with Crippen molar-refractivity contribution in [1.29, 1.82) is 0 Å². The van der Waals surface area contributed by atoms with Gasteiger partial charge in [0.2, 0.25) is 5.82 Å². The summed E-state index contributed by atoms with van der Waals surface area (Å²) in [6.45, 7) is 0.0119. The zero-order chi connectivity index (χ0) is 24.9. The van der Waals surface area contributed by atoms with Crippen molar-refractivity contribution in [3.63, 3.8) is 0 Å². The summed E-state index contributed by atoms with van der Waals surface area (Å²) in [5.41, 5.74) is -0.591. The minimum atomic E-state index is -1.06. The van der Waals surface area contributed by atoms with Gasteiger partial charge in [0.25, 0.3) is 5.91 Å². The molecule has 0 aromatic heterocycles. The molecule has 3 aromatic rings. The first-order valence-electron chi connectivity index (χ1n) is 10.3. The van der Waals surface area contributed by atoms with Gasteiger partial charge in [-0.3, -0.25) is 19.7 Å². The number of halogens is 1. The van der Waals surface area contributed by atoms with Crippen LogP contribution >= 0.6 is 0 Å². The highest BCUT2D eigenvalue weighted by Gasteiger charge is 2.22. The number of anilines is 1. The molecule has 1 amide bonds. The van der Waals surface area contributed by atoms with Gasteiger partial charge in [-0.2, -0.15) is 4.39 Å². The number of nitro groups is 1. The average molecular weight is 480 g/mol. The normalized spacial score (nSPS) is 11.9. The molecule has 0 spiro atoms. The molecule has 4 rings (SSSR count). The van der Waals surface area contributed by atoms with Gasteiger partial charge in [-0.25, -0.2) is 4.79 Å². The maximum atomic E-state index is 13.4. The molecule has 0 bridgehead atoms. The number of nitro benzene ring substituents is 1. The first-order chi connectivity index (χ1) is 16.8. The summed E-state index contributed by atoms with van der Waals surface area (Å²) in [5, 5.41) is 13.1. The number of rotatable bonds is 7. The van der Waals surface area contributed by atoms with Crippen molar-refractivity contribution in [2.45, 2.75) is 0 Å². The average Bonchev–Trinajstić information content (AvgIpc) is 2.87. The van der Waals surface area contributed by atoms with Gasteiger partial charge in [0.1, 0.15) is 13.2 Å². The van der Waals surface area contributed by atoms with Gasteiger partial charge in [0, 0.05) is 22.9 Å². The molecule has 178 valence electrons. The highest BCUT2D eigenvalue weighted by atomic mass is 19.1. The van der Waals surface area contributed by atoms with Gasteiger partial charge in [-0.15, -0.1) is 0 Å². The summed E-state index contributed by atoms with van der Waals surface area (Å²) < 4.78 is 29.4. The van der Waals surface area contributed by atoms with Crippen molar-refractivity contribution in [2.24, 2.45) is 0 Å². The van der Waals surface area contributed by atoms with Gasteiger partial charge >= 0.3 is 11.7 Å². The van der Waals surface area contributed by atoms with E-state index in [-0.39, 0.29) is 22.4 Å². The van der Waals surface area contributed by atoms with E-state index in [1.165, 1.54) is 24.3 Å². The minimum Gasteiger partial charge on any atom is -0.486 e. The van der Waals surface area contributed by atoms with Crippen LogP contribution in [0.15, 0.2) is 60.7 Å². The Morgan fingerprint density at radius 3 is 2.43 bits per heavy atom. The fourth-order valence-electron chi connectivity index (χ4n) is 3.34. The number of benzene rings is 3.